The van der Waals surface area contributed by atoms with Gasteiger partial charge in [0.05, 0.1) is 25.3 Å². The second-order valence-corrected chi connectivity index (χ2v) is 5.20. The highest BCUT2D eigenvalue weighted by Crippen LogP contribution is 2.34. The quantitative estimate of drug-likeness (QED) is 0.742. The normalized spacial score (nSPS) is 26.6. The summed E-state index contributed by atoms with van der Waals surface area (Å²) in [6.45, 7) is 0.612. The molecule has 0 spiro atoms. The Morgan fingerprint density at radius 3 is 2.55 bits per heavy atom. The Hall–Kier alpha value is -1.56. The van der Waals surface area contributed by atoms with Gasteiger partial charge in [-0.3, -0.25) is 4.79 Å². The van der Waals surface area contributed by atoms with Crippen LogP contribution in [0.4, 0.5) is 13.2 Å². The first kappa shape index (κ1) is 13.4. The molecular weight excluding hydrogens is 271 g/mol. The zero-order valence-corrected chi connectivity index (χ0v) is 10.7. The molecule has 2 saturated heterocycles. The number of halogens is 3. The Morgan fingerprint density at radius 1 is 1.15 bits per heavy atom. The number of rotatable bonds is 1. The number of nitrogens with zero attached hydrogens (tertiary/aromatic N) is 1. The molecule has 0 aliphatic carbocycles. The van der Waals surface area contributed by atoms with Gasteiger partial charge in [0.1, 0.15) is 0 Å². The zero-order chi connectivity index (χ0) is 14.3. The molecule has 108 valence electrons. The molecule has 2 fully saturated rings. The van der Waals surface area contributed by atoms with Crippen molar-refractivity contribution in [3.63, 3.8) is 0 Å². The number of hydrogen-bond donors (Lipinski definition) is 0. The maximum absolute atomic E-state index is 13.4. The summed E-state index contributed by atoms with van der Waals surface area (Å²) in [5, 5.41) is 0. The van der Waals surface area contributed by atoms with Gasteiger partial charge in [0.25, 0.3) is 0 Å². The molecule has 1 aromatic rings. The molecule has 6 heteroatoms. The van der Waals surface area contributed by atoms with E-state index in [-0.39, 0.29) is 24.1 Å². The maximum atomic E-state index is 13.4. The first-order valence-electron chi connectivity index (χ1n) is 6.61. The van der Waals surface area contributed by atoms with Gasteiger partial charge < -0.3 is 9.64 Å². The molecule has 0 N–H and O–H groups in total. The van der Waals surface area contributed by atoms with E-state index in [2.05, 4.69) is 0 Å². The number of amides is 1. The molecule has 0 unspecified atom stereocenters. The first-order chi connectivity index (χ1) is 9.58. The number of ether oxygens (including phenoxy) is 1. The Bertz CT molecular complexity index is 524. The molecule has 2 atom stereocenters. The third-order valence-corrected chi connectivity index (χ3v) is 3.92. The fourth-order valence-electron chi connectivity index (χ4n) is 2.97. The van der Waals surface area contributed by atoms with E-state index in [4.69, 9.17) is 4.74 Å². The first-order valence-corrected chi connectivity index (χ1v) is 6.61. The number of hydrogen-bond acceptors (Lipinski definition) is 2. The molecule has 0 saturated carbocycles. The topological polar surface area (TPSA) is 29.5 Å². The van der Waals surface area contributed by atoms with E-state index in [1.54, 1.807) is 4.90 Å². The third-order valence-electron chi connectivity index (χ3n) is 3.92. The van der Waals surface area contributed by atoms with Crippen molar-refractivity contribution in [2.75, 3.05) is 13.2 Å². The van der Waals surface area contributed by atoms with E-state index >= 15 is 0 Å². The number of carbonyl (C=O) groups is 1. The summed E-state index contributed by atoms with van der Waals surface area (Å²) in [5.41, 5.74) is 0.237. The standard InChI is InChI=1S/C14H14F3NO2/c15-10-4-8(5-11(16)14(10)17)12-7-20-6-9-2-1-3-13(19)18(9)12/h4-5,9,12H,1-3,6-7H2/t9-,12-/m0/s1. The van der Waals surface area contributed by atoms with Gasteiger partial charge in [-0.25, -0.2) is 13.2 Å². The van der Waals surface area contributed by atoms with E-state index in [1.165, 1.54) is 0 Å². The van der Waals surface area contributed by atoms with Gasteiger partial charge in [-0.2, -0.15) is 0 Å². The Labute approximate surface area is 114 Å². The van der Waals surface area contributed by atoms with Crippen LogP contribution in [0.25, 0.3) is 0 Å². The van der Waals surface area contributed by atoms with Crippen molar-refractivity contribution in [2.24, 2.45) is 0 Å². The van der Waals surface area contributed by atoms with Crippen LogP contribution in [0.2, 0.25) is 0 Å². The average Bonchev–Trinajstić information content (AvgIpc) is 2.44. The molecule has 1 amide bonds. The second-order valence-electron chi connectivity index (χ2n) is 5.20. The van der Waals surface area contributed by atoms with Crippen molar-refractivity contribution in [3.8, 4) is 0 Å². The summed E-state index contributed by atoms with van der Waals surface area (Å²) in [7, 11) is 0. The summed E-state index contributed by atoms with van der Waals surface area (Å²) in [6, 6.07) is 1.27. The number of benzene rings is 1. The van der Waals surface area contributed by atoms with E-state index < -0.39 is 23.5 Å². The fourth-order valence-corrected chi connectivity index (χ4v) is 2.97. The highest BCUT2D eigenvalue weighted by molar-refractivity contribution is 5.78. The number of fused-ring (bicyclic) bond motifs is 1. The largest absolute Gasteiger partial charge is 0.377 e. The van der Waals surface area contributed by atoms with Gasteiger partial charge in [0.15, 0.2) is 17.5 Å². The lowest BCUT2D eigenvalue weighted by Crippen LogP contribution is -2.52. The van der Waals surface area contributed by atoms with Gasteiger partial charge in [-0.1, -0.05) is 0 Å². The minimum atomic E-state index is -1.49. The van der Waals surface area contributed by atoms with E-state index in [0.29, 0.717) is 13.0 Å². The molecule has 1 aromatic carbocycles. The SMILES string of the molecule is O=C1CCC[C@H]2COC[C@@H](c3cc(F)c(F)c(F)c3)N12. The zero-order valence-electron chi connectivity index (χ0n) is 10.7. The van der Waals surface area contributed by atoms with Gasteiger partial charge in [-0.05, 0) is 30.5 Å². The van der Waals surface area contributed by atoms with Gasteiger partial charge in [0, 0.05) is 6.42 Å². The highest BCUT2D eigenvalue weighted by Gasteiger charge is 2.38. The minimum Gasteiger partial charge on any atom is -0.377 e. The van der Waals surface area contributed by atoms with Crippen LogP contribution in [0.5, 0.6) is 0 Å². The number of piperidine rings is 1. The summed E-state index contributed by atoms with van der Waals surface area (Å²) >= 11 is 0. The Balaban J connectivity index is 1.97. The number of carbonyl (C=O) groups excluding carboxylic acids is 1. The van der Waals surface area contributed by atoms with Crippen molar-refractivity contribution in [1.29, 1.82) is 0 Å². The Kier molecular flexibility index (Phi) is 3.41. The lowest BCUT2D eigenvalue weighted by molar-refractivity contribution is -0.151. The van der Waals surface area contributed by atoms with Crippen LogP contribution in [0.15, 0.2) is 12.1 Å². The van der Waals surface area contributed by atoms with Crippen LogP contribution < -0.4 is 0 Å². The summed E-state index contributed by atoms with van der Waals surface area (Å²) in [4.78, 5) is 13.7. The van der Waals surface area contributed by atoms with Crippen LogP contribution >= 0.6 is 0 Å². The molecule has 2 aliphatic heterocycles. The van der Waals surface area contributed by atoms with Gasteiger partial charge in [0.2, 0.25) is 5.91 Å². The lowest BCUT2D eigenvalue weighted by atomic mass is 9.94. The van der Waals surface area contributed by atoms with Crippen molar-refractivity contribution in [1.82, 2.24) is 4.90 Å². The third kappa shape index (κ3) is 2.18. The molecule has 20 heavy (non-hydrogen) atoms. The van der Waals surface area contributed by atoms with Crippen molar-refractivity contribution < 1.29 is 22.7 Å². The summed E-state index contributed by atoms with van der Waals surface area (Å²) < 4.78 is 45.2. The lowest BCUT2D eigenvalue weighted by Gasteiger charge is -2.44. The number of morpholine rings is 1. The molecule has 3 rings (SSSR count). The smallest absolute Gasteiger partial charge is 0.223 e. The predicted octanol–water partition coefficient (Wildman–Crippen LogP) is 2.56. The van der Waals surface area contributed by atoms with Crippen LogP contribution in [0.3, 0.4) is 0 Å². The second kappa shape index (κ2) is 5.09. The average molecular weight is 285 g/mol. The van der Waals surface area contributed by atoms with Crippen LogP contribution in [0, 0.1) is 17.5 Å². The van der Waals surface area contributed by atoms with Gasteiger partial charge in [-0.15, -0.1) is 0 Å². The molecule has 0 aromatic heterocycles. The molecule has 0 bridgehead atoms. The highest BCUT2D eigenvalue weighted by atomic mass is 19.2. The van der Waals surface area contributed by atoms with Crippen LogP contribution in [-0.2, 0) is 9.53 Å². The monoisotopic (exact) mass is 285 g/mol. The van der Waals surface area contributed by atoms with Crippen molar-refractivity contribution in [3.05, 3.63) is 35.1 Å². The Morgan fingerprint density at radius 2 is 1.85 bits per heavy atom. The van der Waals surface area contributed by atoms with E-state index in [1.807, 2.05) is 0 Å². The van der Waals surface area contributed by atoms with E-state index in [9.17, 15) is 18.0 Å². The molecule has 2 aliphatic rings. The predicted molar refractivity (Wildman–Crippen MR) is 64.4 cm³/mol. The minimum absolute atomic E-state index is 0.0420. The maximum Gasteiger partial charge on any atom is 0.223 e. The molecular formula is C14H14F3NO2. The summed E-state index contributed by atoms with van der Waals surface area (Å²) in [6.07, 6.45) is 2.04. The summed E-state index contributed by atoms with van der Waals surface area (Å²) in [5.74, 6) is -4.02. The van der Waals surface area contributed by atoms with E-state index in [0.717, 1.165) is 25.0 Å². The molecule has 0 radical (unpaired) electrons. The van der Waals surface area contributed by atoms with Crippen molar-refractivity contribution in [2.45, 2.75) is 31.3 Å². The van der Waals surface area contributed by atoms with Crippen LogP contribution in [0.1, 0.15) is 30.9 Å². The molecule has 3 nitrogen and oxygen atoms in total. The van der Waals surface area contributed by atoms with Crippen molar-refractivity contribution >= 4 is 5.91 Å². The van der Waals surface area contributed by atoms with Crippen LogP contribution in [-0.4, -0.2) is 30.1 Å². The fraction of sp³-hybridized carbons (Fsp3) is 0.500. The van der Waals surface area contributed by atoms with Gasteiger partial charge >= 0.3 is 0 Å². The molecule has 2 heterocycles.